The van der Waals surface area contributed by atoms with Crippen LogP contribution in [0.15, 0.2) is 18.2 Å². The van der Waals surface area contributed by atoms with Crippen LogP contribution >= 0.6 is 0 Å². The molecule has 0 aromatic heterocycles. The summed E-state index contributed by atoms with van der Waals surface area (Å²) >= 11 is 0. The van der Waals surface area contributed by atoms with Gasteiger partial charge in [0.15, 0.2) is 5.78 Å². The quantitative estimate of drug-likeness (QED) is 0.428. The standard InChI is InChI=1S/C16H20O3/c1-4-5-6-7-8-9-16(17)13-10-14(18-2)12-15(11-13)19-3/h10-12H,6-9H2,1-3H3. The molecule has 0 saturated carbocycles. The number of methoxy groups -OCH3 is 2. The Labute approximate surface area is 114 Å². The van der Waals surface area contributed by atoms with Gasteiger partial charge in [-0.25, -0.2) is 0 Å². The minimum absolute atomic E-state index is 0.113. The van der Waals surface area contributed by atoms with E-state index in [2.05, 4.69) is 11.8 Å². The molecule has 0 aliphatic carbocycles. The van der Waals surface area contributed by atoms with Gasteiger partial charge in [-0.1, -0.05) is 0 Å². The number of carbonyl (C=O) groups is 1. The van der Waals surface area contributed by atoms with E-state index < -0.39 is 0 Å². The average molecular weight is 260 g/mol. The highest BCUT2D eigenvalue weighted by atomic mass is 16.5. The van der Waals surface area contributed by atoms with Crippen LogP contribution in [0.25, 0.3) is 0 Å². The molecule has 102 valence electrons. The zero-order chi connectivity index (χ0) is 14.1. The van der Waals surface area contributed by atoms with Crippen LogP contribution in [0.3, 0.4) is 0 Å². The summed E-state index contributed by atoms with van der Waals surface area (Å²) in [6.45, 7) is 1.83. The lowest BCUT2D eigenvalue weighted by Crippen LogP contribution is -2.00. The third-order valence-electron chi connectivity index (χ3n) is 2.81. The Kier molecular flexibility index (Phi) is 6.52. The summed E-state index contributed by atoms with van der Waals surface area (Å²) in [6, 6.07) is 5.25. The van der Waals surface area contributed by atoms with Crippen molar-refractivity contribution in [3.05, 3.63) is 23.8 Å². The lowest BCUT2D eigenvalue weighted by atomic mass is 10.0. The predicted molar refractivity (Wildman–Crippen MR) is 75.8 cm³/mol. The summed E-state index contributed by atoms with van der Waals surface area (Å²) in [5, 5.41) is 0. The van der Waals surface area contributed by atoms with E-state index in [-0.39, 0.29) is 5.78 Å². The molecule has 3 heteroatoms. The second kappa shape index (κ2) is 8.20. The fourth-order valence-electron chi connectivity index (χ4n) is 1.74. The van der Waals surface area contributed by atoms with Crippen molar-refractivity contribution in [2.24, 2.45) is 0 Å². The fraction of sp³-hybridized carbons (Fsp3) is 0.438. The monoisotopic (exact) mass is 260 g/mol. The van der Waals surface area contributed by atoms with Crippen molar-refractivity contribution in [1.82, 2.24) is 0 Å². The molecule has 0 amide bonds. The minimum atomic E-state index is 0.113. The average Bonchev–Trinajstić information content (AvgIpc) is 2.46. The number of rotatable bonds is 7. The number of benzene rings is 1. The number of hydrogen-bond acceptors (Lipinski definition) is 3. The molecule has 1 aromatic carbocycles. The first-order chi connectivity index (χ1) is 9.21. The Morgan fingerprint density at radius 3 is 2.26 bits per heavy atom. The fourth-order valence-corrected chi connectivity index (χ4v) is 1.74. The van der Waals surface area contributed by atoms with Gasteiger partial charge in [0.1, 0.15) is 11.5 Å². The molecule has 0 heterocycles. The first-order valence-corrected chi connectivity index (χ1v) is 6.37. The minimum Gasteiger partial charge on any atom is -0.497 e. The highest BCUT2D eigenvalue weighted by Gasteiger charge is 2.09. The maximum Gasteiger partial charge on any atom is 0.163 e. The number of unbranched alkanes of at least 4 members (excludes halogenated alkanes) is 2. The molecule has 0 fully saturated rings. The molecule has 19 heavy (non-hydrogen) atoms. The Morgan fingerprint density at radius 2 is 1.74 bits per heavy atom. The largest absolute Gasteiger partial charge is 0.497 e. The van der Waals surface area contributed by atoms with Crippen LogP contribution in [0, 0.1) is 11.8 Å². The summed E-state index contributed by atoms with van der Waals surface area (Å²) in [5.74, 6) is 7.24. The molecular formula is C16H20O3. The van der Waals surface area contributed by atoms with Gasteiger partial charge in [-0.15, -0.1) is 11.8 Å². The Hall–Kier alpha value is -1.95. The van der Waals surface area contributed by atoms with Crippen molar-refractivity contribution in [2.45, 2.75) is 32.6 Å². The highest BCUT2D eigenvalue weighted by Crippen LogP contribution is 2.23. The topological polar surface area (TPSA) is 35.5 Å². The van der Waals surface area contributed by atoms with Crippen LogP contribution in [0.5, 0.6) is 11.5 Å². The van der Waals surface area contributed by atoms with Crippen LogP contribution in [0.1, 0.15) is 43.0 Å². The third kappa shape index (κ3) is 5.05. The molecule has 1 rings (SSSR count). The van der Waals surface area contributed by atoms with E-state index in [1.165, 1.54) is 0 Å². The van der Waals surface area contributed by atoms with Gasteiger partial charge in [-0.05, 0) is 31.9 Å². The Bertz CT molecular complexity index is 458. The van der Waals surface area contributed by atoms with E-state index in [1.54, 1.807) is 32.4 Å². The van der Waals surface area contributed by atoms with E-state index in [0.717, 1.165) is 19.3 Å². The predicted octanol–water partition coefficient (Wildman–Crippen LogP) is 3.47. The van der Waals surface area contributed by atoms with Crippen LogP contribution in [-0.4, -0.2) is 20.0 Å². The molecular weight excluding hydrogens is 240 g/mol. The van der Waals surface area contributed by atoms with E-state index in [1.807, 2.05) is 6.92 Å². The van der Waals surface area contributed by atoms with Crippen molar-refractivity contribution in [2.75, 3.05) is 14.2 Å². The molecule has 0 unspecified atom stereocenters. The van der Waals surface area contributed by atoms with Crippen LogP contribution in [0.4, 0.5) is 0 Å². The van der Waals surface area contributed by atoms with E-state index in [4.69, 9.17) is 9.47 Å². The molecule has 0 N–H and O–H groups in total. The third-order valence-corrected chi connectivity index (χ3v) is 2.81. The van der Waals surface area contributed by atoms with Crippen LogP contribution in [-0.2, 0) is 0 Å². The van der Waals surface area contributed by atoms with Crippen molar-refractivity contribution in [3.63, 3.8) is 0 Å². The van der Waals surface area contributed by atoms with Crippen molar-refractivity contribution in [1.29, 1.82) is 0 Å². The molecule has 1 aromatic rings. The Balaban J connectivity index is 2.62. The second-order valence-corrected chi connectivity index (χ2v) is 4.16. The maximum absolute atomic E-state index is 12.1. The molecule has 0 aliphatic rings. The van der Waals surface area contributed by atoms with E-state index in [0.29, 0.717) is 23.5 Å². The lowest BCUT2D eigenvalue weighted by molar-refractivity contribution is 0.0979. The number of ether oxygens (including phenoxy) is 2. The van der Waals surface area contributed by atoms with E-state index in [9.17, 15) is 4.79 Å². The van der Waals surface area contributed by atoms with Crippen LogP contribution < -0.4 is 9.47 Å². The summed E-state index contributed by atoms with van der Waals surface area (Å²) < 4.78 is 10.3. The van der Waals surface area contributed by atoms with Gasteiger partial charge in [-0.3, -0.25) is 4.79 Å². The van der Waals surface area contributed by atoms with Gasteiger partial charge in [0.25, 0.3) is 0 Å². The number of ketones is 1. The number of hydrogen-bond donors (Lipinski definition) is 0. The summed E-state index contributed by atoms with van der Waals surface area (Å²) in [4.78, 5) is 12.1. The van der Waals surface area contributed by atoms with Gasteiger partial charge >= 0.3 is 0 Å². The zero-order valence-corrected chi connectivity index (χ0v) is 11.8. The van der Waals surface area contributed by atoms with Crippen LogP contribution in [0.2, 0.25) is 0 Å². The molecule has 0 aliphatic heterocycles. The SMILES string of the molecule is CC#CCCCCC(=O)c1cc(OC)cc(OC)c1. The molecule has 0 atom stereocenters. The van der Waals surface area contributed by atoms with E-state index >= 15 is 0 Å². The summed E-state index contributed by atoms with van der Waals surface area (Å²) in [7, 11) is 3.15. The molecule has 0 spiro atoms. The summed E-state index contributed by atoms with van der Waals surface area (Å²) in [6.07, 6.45) is 3.19. The van der Waals surface area contributed by atoms with Gasteiger partial charge in [-0.2, -0.15) is 0 Å². The Morgan fingerprint density at radius 1 is 1.11 bits per heavy atom. The van der Waals surface area contributed by atoms with Crippen molar-refractivity contribution >= 4 is 5.78 Å². The maximum atomic E-state index is 12.1. The number of carbonyl (C=O) groups excluding carboxylic acids is 1. The van der Waals surface area contributed by atoms with Crippen molar-refractivity contribution < 1.29 is 14.3 Å². The van der Waals surface area contributed by atoms with Gasteiger partial charge < -0.3 is 9.47 Å². The smallest absolute Gasteiger partial charge is 0.163 e. The molecule has 0 bridgehead atoms. The first-order valence-electron chi connectivity index (χ1n) is 6.37. The number of Topliss-reactive ketones (excluding diaryl/α,β-unsaturated/α-hetero) is 1. The summed E-state index contributed by atoms with van der Waals surface area (Å²) in [5.41, 5.74) is 0.637. The van der Waals surface area contributed by atoms with Gasteiger partial charge in [0.05, 0.1) is 14.2 Å². The highest BCUT2D eigenvalue weighted by molar-refractivity contribution is 5.96. The molecule has 3 nitrogen and oxygen atoms in total. The first kappa shape index (κ1) is 15.1. The lowest BCUT2D eigenvalue weighted by Gasteiger charge is -2.07. The zero-order valence-electron chi connectivity index (χ0n) is 11.8. The molecule has 0 saturated heterocycles. The van der Waals surface area contributed by atoms with Gasteiger partial charge in [0, 0.05) is 24.5 Å². The van der Waals surface area contributed by atoms with Gasteiger partial charge in [0.2, 0.25) is 0 Å². The molecule has 0 radical (unpaired) electrons. The van der Waals surface area contributed by atoms with Crippen molar-refractivity contribution in [3.8, 4) is 23.3 Å². The normalized spacial score (nSPS) is 9.42. The second-order valence-electron chi connectivity index (χ2n) is 4.16.